The van der Waals surface area contributed by atoms with Crippen molar-refractivity contribution in [3.63, 3.8) is 0 Å². The van der Waals surface area contributed by atoms with Gasteiger partial charge in [0.25, 0.3) is 0 Å². The van der Waals surface area contributed by atoms with Crippen molar-refractivity contribution in [3.05, 3.63) is 5.82 Å². The Hall–Kier alpha value is -0.930. The van der Waals surface area contributed by atoms with Gasteiger partial charge in [0.15, 0.2) is 5.82 Å². The maximum absolute atomic E-state index is 3.96. The van der Waals surface area contributed by atoms with Gasteiger partial charge in [-0.15, -0.1) is 5.10 Å². The summed E-state index contributed by atoms with van der Waals surface area (Å²) in [5.41, 5.74) is 0. The van der Waals surface area contributed by atoms with E-state index in [1.807, 2.05) is 4.68 Å². The Morgan fingerprint density at radius 3 is 3.09 bits per heavy atom. The van der Waals surface area contributed by atoms with Crippen LogP contribution in [-0.4, -0.2) is 20.2 Å². The molecule has 0 saturated carbocycles. The van der Waals surface area contributed by atoms with Gasteiger partial charge in [-0.2, -0.15) is 0 Å². The topological polar surface area (TPSA) is 43.6 Å². The van der Waals surface area contributed by atoms with Crippen molar-refractivity contribution >= 4 is 0 Å². The van der Waals surface area contributed by atoms with E-state index in [1.165, 1.54) is 6.42 Å². The zero-order valence-corrected chi connectivity index (χ0v) is 6.86. The van der Waals surface area contributed by atoms with Crippen molar-refractivity contribution in [2.75, 3.05) is 0 Å². The second kappa shape index (κ2) is 2.29. The van der Waals surface area contributed by atoms with Gasteiger partial charge in [-0.1, -0.05) is 13.8 Å². The van der Waals surface area contributed by atoms with Gasteiger partial charge in [-0.05, 0) is 22.8 Å². The van der Waals surface area contributed by atoms with Crippen LogP contribution in [0.5, 0.6) is 0 Å². The molecule has 4 heteroatoms. The molecule has 0 radical (unpaired) electrons. The average molecular weight is 152 g/mol. The minimum Gasteiger partial charge on any atom is -0.226 e. The van der Waals surface area contributed by atoms with Crippen molar-refractivity contribution in [1.82, 2.24) is 20.2 Å². The zero-order chi connectivity index (χ0) is 7.84. The number of fused-ring (bicyclic) bond motifs is 1. The summed E-state index contributed by atoms with van der Waals surface area (Å²) >= 11 is 0. The lowest BCUT2D eigenvalue weighted by atomic mass is 10.0. The second-order valence-electron chi connectivity index (χ2n) is 3.39. The van der Waals surface area contributed by atoms with Crippen molar-refractivity contribution in [2.24, 2.45) is 5.92 Å². The Labute approximate surface area is 65.6 Å². The molecule has 0 N–H and O–H groups in total. The molecule has 1 aromatic heterocycles. The first-order valence-corrected chi connectivity index (χ1v) is 4.06. The zero-order valence-electron chi connectivity index (χ0n) is 6.86. The van der Waals surface area contributed by atoms with Gasteiger partial charge in [0.2, 0.25) is 0 Å². The van der Waals surface area contributed by atoms with Crippen LogP contribution in [0.3, 0.4) is 0 Å². The minimum atomic E-state index is 0.528. The van der Waals surface area contributed by atoms with E-state index in [2.05, 4.69) is 29.4 Å². The maximum Gasteiger partial charge on any atom is 0.151 e. The summed E-state index contributed by atoms with van der Waals surface area (Å²) in [4.78, 5) is 0. The summed E-state index contributed by atoms with van der Waals surface area (Å²) < 4.78 is 1.96. The summed E-state index contributed by atoms with van der Waals surface area (Å²) in [6.07, 6.45) is 2.21. The molecule has 1 aliphatic rings. The predicted octanol–water partition coefficient (Wildman–Crippen LogP) is 0.816. The van der Waals surface area contributed by atoms with E-state index in [4.69, 9.17) is 0 Å². The van der Waals surface area contributed by atoms with Crippen LogP contribution in [0, 0.1) is 5.92 Å². The van der Waals surface area contributed by atoms with E-state index >= 15 is 0 Å². The SMILES string of the molecule is CC(C)[C@H]1CCc2nnnn21. The van der Waals surface area contributed by atoms with Gasteiger partial charge in [0.1, 0.15) is 0 Å². The first-order chi connectivity index (χ1) is 5.29. The Kier molecular flexibility index (Phi) is 1.41. The second-order valence-corrected chi connectivity index (χ2v) is 3.39. The van der Waals surface area contributed by atoms with Gasteiger partial charge in [0.05, 0.1) is 6.04 Å². The molecule has 1 aromatic rings. The normalized spacial score (nSPS) is 22.6. The van der Waals surface area contributed by atoms with Crippen LogP contribution in [-0.2, 0) is 6.42 Å². The molecule has 2 rings (SSSR count). The fourth-order valence-corrected chi connectivity index (χ4v) is 1.65. The molecule has 0 spiro atoms. The van der Waals surface area contributed by atoms with Crippen LogP contribution in [0.2, 0.25) is 0 Å². The Balaban J connectivity index is 2.31. The third kappa shape index (κ3) is 0.931. The average Bonchev–Trinajstić information content (AvgIpc) is 2.41. The molecule has 1 atom stereocenters. The molecule has 1 aliphatic heterocycles. The number of tetrazole rings is 1. The number of rotatable bonds is 1. The quantitative estimate of drug-likeness (QED) is 0.598. The highest BCUT2D eigenvalue weighted by molar-refractivity contribution is 4.93. The number of aromatic nitrogens is 4. The molecule has 0 saturated heterocycles. The smallest absolute Gasteiger partial charge is 0.151 e. The molecular formula is C7H12N4. The lowest BCUT2D eigenvalue weighted by Crippen LogP contribution is -2.12. The number of aryl methyl sites for hydroxylation is 1. The lowest BCUT2D eigenvalue weighted by Gasteiger charge is -2.13. The van der Waals surface area contributed by atoms with E-state index < -0.39 is 0 Å². The summed E-state index contributed by atoms with van der Waals surface area (Å²) in [5.74, 6) is 1.68. The van der Waals surface area contributed by atoms with E-state index in [9.17, 15) is 0 Å². The van der Waals surface area contributed by atoms with Crippen LogP contribution in [0.15, 0.2) is 0 Å². The van der Waals surface area contributed by atoms with Crippen molar-refractivity contribution in [2.45, 2.75) is 32.7 Å². The van der Waals surface area contributed by atoms with Crippen LogP contribution in [0.25, 0.3) is 0 Å². The fourth-order valence-electron chi connectivity index (χ4n) is 1.65. The highest BCUT2D eigenvalue weighted by atomic mass is 15.6. The standard InChI is InChI=1S/C7H12N4/c1-5(2)6-3-4-7-8-9-10-11(6)7/h5-6H,3-4H2,1-2H3/t6-/m1/s1. The number of hydrogen-bond acceptors (Lipinski definition) is 3. The molecule has 0 amide bonds. The summed E-state index contributed by atoms with van der Waals surface area (Å²) in [5, 5.41) is 11.5. The van der Waals surface area contributed by atoms with Gasteiger partial charge in [0, 0.05) is 6.42 Å². The fraction of sp³-hybridized carbons (Fsp3) is 0.857. The molecule has 0 bridgehead atoms. The maximum atomic E-state index is 3.96. The predicted molar refractivity (Wildman–Crippen MR) is 40.0 cm³/mol. The van der Waals surface area contributed by atoms with E-state index in [0.29, 0.717) is 12.0 Å². The van der Waals surface area contributed by atoms with Crippen molar-refractivity contribution in [1.29, 1.82) is 0 Å². The Morgan fingerprint density at radius 2 is 2.36 bits per heavy atom. The molecule has 2 heterocycles. The van der Waals surface area contributed by atoms with E-state index in [1.54, 1.807) is 0 Å². The van der Waals surface area contributed by atoms with Crippen LogP contribution in [0.4, 0.5) is 0 Å². The van der Waals surface area contributed by atoms with Crippen LogP contribution in [0.1, 0.15) is 32.1 Å². The summed E-state index contributed by atoms with van der Waals surface area (Å²) in [7, 11) is 0. The van der Waals surface area contributed by atoms with Crippen LogP contribution >= 0.6 is 0 Å². The molecule has 0 aliphatic carbocycles. The molecule has 0 fully saturated rings. The Bertz CT molecular complexity index is 253. The molecule has 4 nitrogen and oxygen atoms in total. The first kappa shape index (κ1) is 6.76. The summed E-state index contributed by atoms with van der Waals surface area (Å²) in [6, 6.07) is 0.528. The van der Waals surface area contributed by atoms with Crippen LogP contribution < -0.4 is 0 Å². The molecule has 11 heavy (non-hydrogen) atoms. The summed E-state index contributed by atoms with van der Waals surface area (Å²) in [6.45, 7) is 4.42. The monoisotopic (exact) mass is 152 g/mol. The van der Waals surface area contributed by atoms with Gasteiger partial charge in [-0.3, -0.25) is 0 Å². The molecule has 0 aromatic carbocycles. The molecule has 60 valence electrons. The van der Waals surface area contributed by atoms with Crippen molar-refractivity contribution < 1.29 is 0 Å². The number of hydrogen-bond donors (Lipinski definition) is 0. The van der Waals surface area contributed by atoms with Gasteiger partial charge < -0.3 is 0 Å². The van der Waals surface area contributed by atoms with Gasteiger partial charge >= 0.3 is 0 Å². The molecular weight excluding hydrogens is 140 g/mol. The third-order valence-electron chi connectivity index (χ3n) is 2.31. The van der Waals surface area contributed by atoms with Gasteiger partial charge in [-0.25, -0.2) is 4.68 Å². The lowest BCUT2D eigenvalue weighted by molar-refractivity contribution is 0.356. The highest BCUT2D eigenvalue weighted by Crippen LogP contribution is 2.28. The first-order valence-electron chi connectivity index (χ1n) is 4.06. The molecule has 0 unspecified atom stereocenters. The highest BCUT2D eigenvalue weighted by Gasteiger charge is 2.26. The Morgan fingerprint density at radius 1 is 1.55 bits per heavy atom. The van der Waals surface area contributed by atoms with Crippen molar-refractivity contribution in [3.8, 4) is 0 Å². The van der Waals surface area contributed by atoms with E-state index in [0.717, 1.165) is 12.2 Å². The minimum absolute atomic E-state index is 0.528. The third-order valence-corrected chi connectivity index (χ3v) is 2.31. The van der Waals surface area contributed by atoms with E-state index in [-0.39, 0.29) is 0 Å². The number of nitrogens with zero attached hydrogens (tertiary/aromatic N) is 4. The largest absolute Gasteiger partial charge is 0.226 e.